The molecular weight excluding hydrogens is 469 g/mol. The molecule has 2 rings (SSSR count). The van der Waals surface area contributed by atoms with E-state index in [0.717, 1.165) is 49.0 Å². The lowest BCUT2D eigenvalue weighted by Crippen LogP contribution is -2.37. The SMILES string of the molecule is CCOCCCNC(=NCc1cccc(O)c1)NCc1ccc(OC)cc1.I. The fourth-order valence-electron chi connectivity index (χ4n) is 2.45. The molecule has 0 heterocycles. The fourth-order valence-corrected chi connectivity index (χ4v) is 2.45. The van der Waals surface area contributed by atoms with Crippen molar-refractivity contribution in [3.63, 3.8) is 0 Å². The van der Waals surface area contributed by atoms with Gasteiger partial charge in [-0.1, -0.05) is 24.3 Å². The first-order chi connectivity index (χ1) is 13.2. The largest absolute Gasteiger partial charge is 0.508 e. The number of ether oxygens (including phenoxy) is 2. The second-order valence-corrected chi connectivity index (χ2v) is 6.01. The van der Waals surface area contributed by atoms with Gasteiger partial charge >= 0.3 is 0 Å². The molecule has 0 bridgehead atoms. The predicted octanol–water partition coefficient (Wildman–Crippen LogP) is 3.68. The van der Waals surface area contributed by atoms with Crippen molar-refractivity contribution in [2.75, 3.05) is 26.9 Å². The van der Waals surface area contributed by atoms with E-state index in [2.05, 4.69) is 15.6 Å². The highest BCUT2D eigenvalue weighted by molar-refractivity contribution is 14.0. The number of methoxy groups -OCH3 is 1. The second kappa shape index (κ2) is 14.1. The molecule has 0 unspecified atom stereocenters. The van der Waals surface area contributed by atoms with Crippen molar-refractivity contribution in [1.29, 1.82) is 0 Å². The van der Waals surface area contributed by atoms with Gasteiger partial charge in [-0.15, -0.1) is 24.0 Å². The van der Waals surface area contributed by atoms with Gasteiger partial charge in [0, 0.05) is 26.3 Å². The van der Waals surface area contributed by atoms with Gasteiger partial charge in [0.2, 0.25) is 0 Å². The van der Waals surface area contributed by atoms with Gasteiger partial charge in [0.05, 0.1) is 13.7 Å². The zero-order valence-electron chi connectivity index (χ0n) is 16.5. The predicted molar refractivity (Wildman–Crippen MR) is 124 cm³/mol. The Morgan fingerprint density at radius 1 is 1.07 bits per heavy atom. The second-order valence-electron chi connectivity index (χ2n) is 6.01. The summed E-state index contributed by atoms with van der Waals surface area (Å²) in [7, 11) is 1.66. The van der Waals surface area contributed by atoms with Gasteiger partial charge in [-0.05, 0) is 48.7 Å². The monoisotopic (exact) mass is 499 g/mol. The number of hydrogen-bond donors (Lipinski definition) is 3. The smallest absolute Gasteiger partial charge is 0.191 e. The Morgan fingerprint density at radius 2 is 1.86 bits per heavy atom. The quantitative estimate of drug-likeness (QED) is 0.201. The van der Waals surface area contributed by atoms with Crippen LogP contribution in [0.15, 0.2) is 53.5 Å². The molecule has 7 heteroatoms. The van der Waals surface area contributed by atoms with E-state index in [1.807, 2.05) is 43.3 Å². The number of nitrogens with zero attached hydrogens (tertiary/aromatic N) is 1. The molecule has 154 valence electrons. The Morgan fingerprint density at radius 3 is 2.54 bits per heavy atom. The summed E-state index contributed by atoms with van der Waals surface area (Å²) in [6.07, 6.45) is 0.906. The summed E-state index contributed by atoms with van der Waals surface area (Å²) in [5, 5.41) is 16.3. The van der Waals surface area contributed by atoms with Crippen LogP contribution < -0.4 is 15.4 Å². The third kappa shape index (κ3) is 9.27. The lowest BCUT2D eigenvalue weighted by atomic mass is 10.2. The third-order valence-electron chi connectivity index (χ3n) is 3.91. The van der Waals surface area contributed by atoms with Gasteiger partial charge in [-0.25, -0.2) is 4.99 Å². The molecular formula is C21H30IN3O3. The molecule has 0 radical (unpaired) electrons. The number of nitrogens with one attached hydrogen (secondary N) is 2. The minimum absolute atomic E-state index is 0. The maximum absolute atomic E-state index is 9.59. The lowest BCUT2D eigenvalue weighted by molar-refractivity contribution is 0.145. The maximum atomic E-state index is 9.59. The average molecular weight is 499 g/mol. The van der Waals surface area contributed by atoms with E-state index in [0.29, 0.717) is 13.1 Å². The molecule has 0 fully saturated rings. The standard InChI is InChI=1S/C21H29N3O3.HI/c1-3-27-13-5-12-22-21(24-16-18-6-4-7-19(25)14-18)23-15-17-8-10-20(26-2)11-9-17;/h4,6-11,14,25H,3,5,12-13,15-16H2,1-2H3,(H2,22,23,24);1H. The zero-order chi connectivity index (χ0) is 19.3. The van der Waals surface area contributed by atoms with Gasteiger partial charge in [-0.3, -0.25) is 0 Å². The van der Waals surface area contributed by atoms with Gasteiger partial charge in [0.15, 0.2) is 5.96 Å². The summed E-state index contributed by atoms with van der Waals surface area (Å²) in [5.74, 6) is 1.82. The molecule has 3 N–H and O–H groups in total. The molecule has 0 saturated heterocycles. The lowest BCUT2D eigenvalue weighted by Gasteiger charge is -2.13. The number of guanidine groups is 1. The molecule has 0 aliphatic rings. The molecule has 0 aliphatic heterocycles. The summed E-state index contributed by atoms with van der Waals surface area (Å²) in [4.78, 5) is 4.62. The van der Waals surface area contributed by atoms with E-state index in [-0.39, 0.29) is 29.7 Å². The van der Waals surface area contributed by atoms with E-state index < -0.39 is 0 Å². The van der Waals surface area contributed by atoms with Crippen LogP contribution in [0.2, 0.25) is 0 Å². The normalized spacial score (nSPS) is 10.9. The number of halogens is 1. The van der Waals surface area contributed by atoms with Gasteiger partial charge in [0.1, 0.15) is 11.5 Å². The molecule has 2 aromatic rings. The molecule has 0 spiro atoms. The third-order valence-corrected chi connectivity index (χ3v) is 3.91. The maximum Gasteiger partial charge on any atom is 0.191 e. The van der Waals surface area contributed by atoms with Crippen LogP contribution in [0, 0.1) is 0 Å². The highest BCUT2D eigenvalue weighted by Crippen LogP contribution is 2.12. The topological polar surface area (TPSA) is 75.1 Å². The summed E-state index contributed by atoms with van der Waals surface area (Å²) in [6.45, 7) is 5.36. The van der Waals surface area contributed by atoms with Crippen LogP contribution in [-0.4, -0.2) is 37.9 Å². The first-order valence-electron chi connectivity index (χ1n) is 9.22. The minimum atomic E-state index is 0. The number of benzene rings is 2. The first kappa shape index (κ1) is 24.0. The van der Waals surface area contributed by atoms with Crippen LogP contribution in [0.3, 0.4) is 0 Å². The van der Waals surface area contributed by atoms with Crippen molar-refractivity contribution in [1.82, 2.24) is 10.6 Å². The summed E-state index contributed by atoms with van der Waals surface area (Å²) in [5.41, 5.74) is 2.09. The Kier molecular flexibility index (Phi) is 12.1. The number of phenolic OH excluding ortho intramolecular Hbond substituents is 1. The fraction of sp³-hybridized carbons (Fsp3) is 0.381. The number of rotatable bonds is 10. The highest BCUT2D eigenvalue weighted by Gasteiger charge is 2.01. The molecule has 2 aromatic carbocycles. The minimum Gasteiger partial charge on any atom is -0.508 e. The van der Waals surface area contributed by atoms with Crippen molar-refractivity contribution in [2.45, 2.75) is 26.4 Å². The number of phenols is 1. The molecule has 28 heavy (non-hydrogen) atoms. The van der Waals surface area contributed by atoms with Crippen molar-refractivity contribution in [2.24, 2.45) is 4.99 Å². The number of aromatic hydroxyl groups is 1. The van der Waals surface area contributed by atoms with Crippen LogP contribution in [0.5, 0.6) is 11.5 Å². The van der Waals surface area contributed by atoms with Crippen LogP contribution in [0.1, 0.15) is 24.5 Å². The van der Waals surface area contributed by atoms with Crippen molar-refractivity contribution < 1.29 is 14.6 Å². The molecule has 6 nitrogen and oxygen atoms in total. The molecule has 0 amide bonds. The van der Waals surface area contributed by atoms with Crippen LogP contribution >= 0.6 is 24.0 Å². The van der Waals surface area contributed by atoms with Crippen LogP contribution in [-0.2, 0) is 17.8 Å². The molecule has 0 aliphatic carbocycles. The average Bonchev–Trinajstić information content (AvgIpc) is 2.69. The van der Waals surface area contributed by atoms with Crippen LogP contribution in [0.25, 0.3) is 0 Å². The van der Waals surface area contributed by atoms with Gasteiger partial charge in [-0.2, -0.15) is 0 Å². The number of hydrogen-bond acceptors (Lipinski definition) is 4. The Hall–Kier alpha value is -2.00. The van der Waals surface area contributed by atoms with Crippen molar-refractivity contribution in [3.05, 3.63) is 59.7 Å². The zero-order valence-corrected chi connectivity index (χ0v) is 18.8. The summed E-state index contributed by atoms with van der Waals surface area (Å²) < 4.78 is 10.6. The number of aliphatic imine (C=N–C) groups is 1. The molecule has 0 aromatic heterocycles. The summed E-state index contributed by atoms with van der Waals surface area (Å²) in [6, 6.07) is 15.1. The van der Waals surface area contributed by atoms with Gasteiger partial charge in [0.25, 0.3) is 0 Å². The van der Waals surface area contributed by atoms with E-state index in [9.17, 15) is 5.11 Å². The Balaban J connectivity index is 0.00000392. The van der Waals surface area contributed by atoms with Crippen LogP contribution in [0.4, 0.5) is 0 Å². The van der Waals surface area contributed by atoms with E-state index in [1.165, 1.54) is 0 Å². The molecule has 0 saturated carbocycles. The summed E-state index contributed by atoms with van der Waals surface area (Å²) >= 11 is 0. The highest BCUT2D eigenvalue weighted by atomic mass is 127. The molecule has 0 atom stereocenters. The Bertz CT molecular complexity index is 708. The van der Waals surface area contributed by atoms with Crippen molar-refractivity contribution in [3.8, 4) is 11.5 Å². The van der Waals surface area contributed by atoms with E-state index >= 15 is 0 Å². The van der Waals surface area contributed by atoms with E-state index in [1.54, 1.807) is 19.2 Å². The van der Waals surface area contributed by atoms with Crippen molar-refractivity contribution >= 4 is 29.9 Å². The first-order valence-corrected chi connectivity index (χ1v) is 9.22. The van der Waals surface area contributed by atoms with Gasteiger partial charge < -0.3 is 25.2 Å². The Labute approximate surface area is 184 Å². The van der Waals surface area contributed by atoms with E-state index in [4.69, 9.17) is 9.47 Å².